The summed E-state index contributed by atoms with van der Waals surface area (Å²) in [6.45, 7) is 4.67. The molecule has 5 heteroatoms. The molecule has 2 aromatic rings. The molecule has 0 spiro atoms. The summed E-state index contributed by atoms with van der Waals surface area (Å²) in [7, 11) is 0. The van der Waals surface area contributed by atoms with Gasteiger partial charge in [-0.1, -0.05) is 29.8 Å². The summed E-state index contributed by atoms with van der Waals surface area (Å²) in [5.74, 6) is 1.20. The van der Waals surface area contributed by atoms with Gasteiger partial charge in [-0.2, -0.15) is 0 Å². The molecule has 0 unspecified atom stereocenters. The molecule has 0 radical (unpaired) electrons. The number of para-hydroxylation sites is 2. The highest BCUT2D eigenvalue weighted by Crippen LogP contribution is 2.26. The summed E-state index contributed by atoms with van der Waals surface area (Å²) in [5, 5.41) is 3.43. The first-order valence-corrected chi connectivity index (χ1v) is 7.88. The van der Waals surface area contributed by atoms with E-state index in [1.807, 2.05) is 44.2 Å². The topological polar surface area (TPSA) is 47.6 Å². The van der Waals surface area contributed by atoms with Crippen molar-refractivity contribution in [3.63, 3.8) is 0 Å². The number of aryl methyl sites for hydroxylation is 1. The average Bonchev–Trinajstić information content (AvgIpc) is 2.53. The number of nitrogens with one attached hydrogen (secondary N) is 1. The van der Waals surface area contributed by atoms with Crippen molar-refractivity contribution in [3.05, 3.63) is 53.1 Å². The molecule has 0 saturated heterocycles. The minimum absolute atomic E-state index is 0.121. The van der Waals surface area contributed by atoms with Gasteiger partial charge in [-0.25, -0.2) is 0 Å². The number of amides is 1. The molecule has 0 atom stereocenters. The van der Waals surface area contributed by atoms with Gasteiger partial charge in [0.2, 0.25) is 5.91 Å². The first kappa shape index (κ1) is 17.2. The molecular formula is C18H20ClNO3. The van der Waals surface area contributed by atoms with Crippen LogP contribution in [0.3, 0.4) is 0 Å². The second-order valence-corrected chi connectivity index (χ2v) is 5.42. The lowest BCUT2D eigenvalue weighted by Crippen LogP contribution is -2.16. The lowest BCUT2D eigenvalue weighted by molar-refractivity contribution is -0.116. The molecule has 0 aromatic heterocycles. The van der Waals surface area contributed by atoms with E-state index >= 15 is 0 Å². The van der Waals surface area contributed by atoms with E-state index in [1.165, 1.54) is 0 Å². The van der Waals surface area contributed by atoms with E-state index < -0.39 is 0 Å². The molecule has 4 nitrogen and oxygen atoms in total. The van der Waals surface area contributed by atoms with Crippen LogP contribution in [-0.4, -0.2) is 19.1 Å². The first-order valence-electron chi connectivity index (χ1n) is 7.50. The molecule has 0 saturated carbocycles. The zero-order valence-corrected chi connectivity index (χ0v) is 14.0. The van der Waals surface area contributed by atoms with Crippen LogP contribution in [0.5, 0.6) is 11.5 Å². The van der Waals surface area contributed by atoms with Gasteiger partial charge in [0.15, 0.2) is 11.5 Å². The zero-order valence-electron chi connectivity index (χ0n) is 13.3. The highest BCUT2D eigenvalue weighted by molar-refractivity contribution is 6.31. The van der Waals surface area contributed by atoms with Crippen LogP contribution < -0.4 is 14.8 Å². The Kier molecular flexibility index (Phi) is 6.29. The van der Waals surface area contributed by atoms with E-state index in [0.717, 1.165) is 11.3 Å². The Balaban J connectivity index is 1.87. The Hall–Kier alpha value is -2.20. The summed E-state index contributed by atoms with van der Waals surface area (Å²) < 4.78 is 11.1. The van der Waals surface area contributed by atoms with Crippen LogP contribution in [0.2, 0.25) is 5.02 Å². The summed E-state index contributed by atoms with van der Waals surface area (Å²) in [6, 6.07) is 12.8. The normalized spacial score (nSPS) is 10.2. The van der Waals surface area contributed by atoms with E-state index in [2.05, 4.69) is 5.32 Å². The van der Waals surface area contributed by atoms with Crippen LogP contribution in [0.15, 0.2) is 42.5 Å². The summed E-state index contributed by atoms with van der Waals surface area (Å²) in [6.07, 6.45) is 0.242. The molecule has 0 aliphatic heterocycles. The second kappa shape index (κ2) is 8.44. The van der Waals surface area contributed by atoms with E-state index in [1.54, 1.807) is 12.1 Å². The summed E-state index contributed by atoms with van der Waals surface area (Å²) in [4.78, 5) is 12.0. The average molecular weight is 334 g/mol. The molecule has 122 valence electrons. The molecule has 0 heterocycles. The van der Waals surface area contributed by atoms with E-state index in [4.69, 9.17) is 21.1 Å². The fourth-order valence-electron chi connectivity index (χ4n) is 2.04. The van der Waals surface area contributed by atoms with Crippen LogP contribution in [0.1, 0.15) is 18.9 Å². The number of anilines is 1. The van der Waals surface area contributed by atoms with E-state index in [0.29, 0.717) is 23.1 Å². The molecule has 0 fully saturated rings. The van der Waals surface area contributed by atoms with Crippen molar-refractivity contribution in [2.45, 2.75) is 20.3 Å². The Morgan fingerprint density at radius 3 is 2.52 bits per heavy atom. The van der Waals surface area contributed by atoms with Crippen molar-refractivity contribution >= 4 is 23.2 Å². The first-order chi connectivity index (χ1) is 11.1. The van der Waals surface area contributed by atoms with Crippen LogP contribution in [-0.2, 0) is 4.79 Å². The number of rotatable bonds is 7. The predicted molar refractivity (Wildman–Crippen MR) is 92.5 cm³/mol. The minimum Gasteiger partial charge on any atom is -0.490 e. The van der Waals surface area contributed by atoms with Gasteiger partial charge < -0.3 is 14.8 Å². The van der Waals surface area contributed by atoms with Gasteiger partial charge in [-0.3, -0.25) is 4.79 Å². The van der Waals surface area contributed by atoms with Crippen molar-refractivity contribution < 1.29 is 14.3 Å². The second-order valence-electron chi connectivity index (χ2n) is 4.99. The largest absolute Gasteiger partial charge is 0.490 e. The van der Waals surface area contributed by atoms with Crippen LogP contribution in [0, 0.1) is 6.92 Å². The SMILES string of the molecule is CCOc1ccccc1OCCC(=O)Nc1cc(Cl)ccc1C. The van der Waals surface area contributed by atoms with Crippen molar-refractivity contribution in [3.8, 4) is 11.5 Å². The lowest BCUT2D eigenvalue weighted by Gasteiger charge is -2.12. The number of hydrogen-bond donors (Lipinski definition) is 1. The van der Waals surface area contributed by atoms with Gasteiger partial charge in [0.1, 0.15) is 0 Å². The lowest BCUT2D eigenvalue weighted by atomic mass is 10.2. The molecule has 2 aromatic carbocycles. The Labute approximate surface area is 141 Å². The van der Waals surface area contributed by atoms with Crippen molar-refractivity contribution in [1.82, 2.24) is 0 Å². The summed E-state index contributed by atoms with van der Waals surface area (Å²) >= 11 is 5.94. The Bertz CT molecular complexity index is 673. The highest BCUT2D eigenvalue weighted by atomic mass is 35.5. The van der Waals surface area contributed by atoms with Crippen molar-refractivity contribution in [2.75, 3.05) is 18.5 Å². The maximum Gasteiger partial charge on any atom is 0.227 e. The molecule has 1 amide bonds. The minimum atomic E-state index is -0.121. The van der Waals surface area contributed by atoms with Gasteiger partial charge in [-0.15, -0.1) is 0 Å². The van der Waals surface area contributed by atoms with Gasteiger partial charge in [0, 0.05) is 10.7 Å². The quantitative estimate of drug-likeness (QED) is 0.814. The maximum absolute atomic E-state index is 12.0. The number of carbonyl (C=O) groups is 1. The fraction of sp³-hybridized carbons (Fsp3) is 0.278. The van der Waals surface area contributed by atoms with E-state index in [-0.39, 0.29) is 18.9 Å². The third-order valence-electron chi connectivity index (χ3n) is 3.21. The molecule has 0 aliphatic rings. The number of halogens is 1. The van der Waals surface area contributed by atoms with Gasteiger partial charge in [-0.05, 0) is 43.7 Å². The van der Waals surface area contributed by atoms with Crippen molar-refractivity contribution in [1.29, 1.82) is 0 Å². The third kappa shape index (κ3) is 5.18. The molecule has 2 rings (SSSR count). The van der Waals surface area contributed by atoms with Crippen LogP contribution in [0.4, 0.5) is 5.69 Å². The molecule has 0 bridgehead atoms. The van der Waals surface area contributed by atoms with Crippen molar-refractivity contribution in [2.24, 2.45) is 0 Å². The number of hydrogen-bond acceptors (Lipinski definition) is 3. The standard InChI is InChI=1S/C18H20ClNO3/c1-3-22-16-6-4-5-7-17(16)23-11-10-18(21)20-15-12-14(19)9-8-13(15)2/h4-9,12H,3,10-11H2,1-2H3,(H,20,21). The third-order valence-corrected chi connectivity index (χ3v) is 3.44. The number of ether oxygens (including phenoxy) is 2. The number of carbonyl (C=O) groups excluding carboxylic acids is 1. The Morgan fingerprint density at radius 1 is 1.13 bits per heavy atom. The highest BCUT2D eigenvalue weighted by Gasteiger charge is 2.08. The Morgan fingerprint density at radius 2 is 1.83 bits per heavy atom. The van der Waals surface area contributed by atoms with Gasteiger partial charge >= 0.3 is 0 Å². The molecule has 1 N–H and O–H groups in total. The van der Waals surface area contributed by atoms with Gasteiger partial charge in [0.25, 0.3) is 0 Å². The molecule has 0 aliphatic carbocycles. The monoisotopic (exact) mass is 333 g/mol. The predicted octanol–water partition coefficient (Wildman–Crippen LogP) is 4.45. The fourth-order valence-corrected chi connectivity index (χ4v) is 2.21. The summed E-state index contributed by atoms with van der Waals surface area (Å²) in [5.41, 5.74) is 1.68. The maximum atomic E-state index is 12.0. The van der Waals surface area contributed by atoms with Gasteiger partial charge in [0.05, 0.1) is 19.6 Å². The number of benzene rings is 2. The van der Waals surface area contributed by atoms with Crippen LogP contribution >= 0.6 is 11.6 Å². The van der Waals surface area contributed by atoms with E-state index in [9.17, 15) is 4.79 Å². The molecular weight excluding hydrogens is 314 g/mol. The molecule has 23 heavy (non-hydrogen) atoms. The zero-order chi connectivity index (χ0) is 16.7. The smallest absolute Gasteiger partial charge is 0.227 e. The van der Waals surface area contributed by atoms with Crippen LogP contribution in [0.25, 0.3) is 0 Å².